The van der Waals surface area contributed by atoms with E-state index in [-0.39, 0.29) is 23.8 Å². The molecule has 4 saturated carbocycles. The van der Waals surface area contributed by atoms with E-state index in [0.717, 1.165) is 37.0 Å². The van der Waals surface area contributed by atoms with Crippen molar-refractivity contribution in [2.75, 3.05) is 19.0 Å². The second-order valence-electron chi connectivity index (χ2n) is 8.48. The van der Waals surface area contributed by atoms with Crippen LogP contribution in [0.1, 0.15) is 48.9 Å². The van der Waals surface area contributed by atoms with E-state index in [9.17, 15) is 14.4 Å². The van der Waals surface area contributed by atoms with Crippen molar-refractivity contribution in [3.63, 3.8) is 0 Å². The van der Waals surface area contributed by atoms with Crippen molar-refractivity contribution in [1.82, 2.24) is 5.32 Å². The van der Waals surface area contributed by atoms with Crippen molar-refractivity contribution in [1.29, 1.82) is 0 Å². The van der Waals surface area contributed by atoms with Crippen LogP contribution in [-0.4, -0.2) is 31.4 Å². The van der Waals surface area contributed by atoms with Crippen LogP contribution in [0.4, 0.5) is 5.69 Å². The summed E-state index contributed by atoms with van der Waals surface area (Å²) in [5.41, 5.74) is 0.852. The average molecular weight is 370 g/mol. The predicted molar refractivity (Wildman–Crippen MR) is 100 cm³/mol. The first-order valence-electron chi connectivity index (χ1n) is 9.76. The summed E-state index contributed by atoms with van der Waals surface area (Å²) in [4.78, 5) is 36.1. The highest BCUT2D eigenvalue weighted by atomic mass is 16.5. The Bertz CT molecular complexity index is 721. The molecule has 144 valence electrons. The molecule has 0 heterocycles. The highest BCUT2D eigenvalue weighted by Crippen LogP contribution is 2.60. The van der Waals surface area contributed by atoms with E-state index in [1.807, 2.05) is 0 Å². The Kier molecular flexibility index (Phi) is 4.66. The van der Waals surface area contributed by atoms with Gasteiger partial charge >= 0.3 is 5.97 Å². The third kappa shape index (κ3) is 3.57. The monoisotopic (exact) mass is 370 g/mol. The quantitative estimate of drug-likeness (QED) is 0.781. The summed E-state index contributed by atoms with van der Waals surface area (Å²) in [5.74, 6) is 1.38. The summed E-state index contributed by atoms with van der Waals surface area (Å²) >= 11 is 0. The van der Waals surface area contributed by atoms with Crippen LogP contribution in [-0.2, 0) is 14.3 Å². The van der Waals surface area contributed by atoms with Crippen LogP contribution in [0.2, 0.25) is 0 Å². The normalized spacial score (nSPS) is 30.6. The van der Waals surface area contributed by atoms with E-state index < -0.39 is 5.97 Å². The topological polar surface area (TPSA) is 84.5 Å². The van der Waals surface area contributed by atoms with Crippen molar-refractivity contribution in [3.8, 4) is 0 Å². The lowest BCUT2D eigenvalue weighted by Crippen LogP contribution is -2.51. The molecule has 2 amide bonds. The number of anilines is 1. The van der Waals surface area contributed by atoms with Crippen LogP contribution in [0, 0.1) is 23.2 Å². The number of ether oxygens (including phenoxy) is 1. The highest BCUT2D eigenvalue weighted by Gasteiger charge is 2.54. The molecule has 4 bridgehead atoms. The maximum atomic E-state index is 13.0. The molecule has 4 aliphatic rings. The van der Waals surface area contributed by atoms with Gasteiger partial charge in [0, 0.05) is 12.7 Å². The minimum atomic E-state index is -0.558. The van der Waals surface area contributed by atoms with Gasteiger partial charge in [0.2, 0.25) is 5.91 Å². The number of likely N-dealkylation sites (N-methyl/N-ethyl adjacent to an activating group) is 1. The van der Waals surface area contributed by atoms with Crippen molar-refractivity contribution in [2.45, 2.75) is 38.5 Å². The number of rotatable bonds is 5. The minimum Gasteiger partial charge on any atom is -0.452 e. The fourth-order valence-corrected chi connectivity index (χ4v) is 5.63. The molecule has 6 heteroatoms. The number of hydrogen-bond acceptors (Lipinski definition) is 4. The Balaban J connectivity index is 1.38. The number of hydrogen-bond donors (Lipinski definition) is 2. The standard InChI is InChI=1S/C21H26N2O4/c1-22-18(24)12-27-19(25)16-2-4-17(5-3-16)23-20(26)21-9-13-6-14(10-21)8-15(7-13)11-21/h2-5,13-15H,6-12H2,1H3,(H,22,24)(H,23,26). The first kappa shape index (κ1) is 18.0. The lowest BCUT2D eigenvalue weighted by molar-refractivity contribution is -0.140. The van der Waals surface area contributed by atoms with Crippen LogP contribution in [0.25, 0.3) is 0 Å². The highest BCUT2D eigenvalue weighted by molar-refractivity contribution is 5.96. The van der Waals surface area contributed by atoms with Crippen molar-refractivity contribution < 1.29 is 19.1 Å². The third-order valence-electron chi connectivity index (χ3n) is 6.51. The van der Waals surface area contributed by atoms with Crippen LogP contribution < -0.4 is 10.6 Å². The maximum Gasteiger partial charge on any atom is 0.338 e. The molecular formula is C21H26N2O4. The van der Waals surface area contributed by atoms with Gasteiger partial charge in [0.1, 0.15) is 0 Å². The predicted octanol–water partition coefficient (Wildman–Crippen LogP) is 2.74. The van der Waals surface area contributed by atoms with E-state index in [1.165, 1.54) is 26.3 Å². The van der Waals surface area contributed by atoms with Crippen LogP contribution in [0.3, 0.4) is 0 Å². The summed E-state index contributed by atoms with van der Waals surface area (Å²) in [6, 6.07) is 6.66. The zero-order valence-corrected chi connectivity index (χ0v) is 15.6. The van der Waals surface area contributed by atoms with Crippen molar-refractivity contribution >= 4 is 23.5 Å². The summed E-state index contributed by atoms with van der Waals surface area (Å²) in [5, 5.41) is 5.46. The van der Waals surface area contributed by atoms with Crippen LogP contribution in [0.15, 0.2) is 24.3 Å². The van der Waals surface area contributed by atoms with Gasteiger partial charge in [0.25, 0.3) is 5.91 Å². The average Bonchev–Trinajstić information content (AvgIpc) is 2.65. The van der Waals surface area contributed by atoms with Gasteiger partial charge in [0.15, 0.2) is 6.61 Å². The van der Waals surface area contributed by atoms with Gasteiger partial charge in [-0.05, 0) is 80.5 Å². The van der Waals surface area contributed by atoms with Gasteiger partial charge in [-0.25, -0.2) is 4.79 Å². The lowest BCUT2D eigenvalue weighted by Gasteiger charge is -2.55. The zero-order chi connectivity index (χ0) is 19.0. The molecule has 4 aliphatic carbocycles. The van der Waals surface area contributed by atoms with Crippen molar-refractivity contribution in [3.05, 3.63) is 29.8 Å². The molecule has 2 N–H and O–H groups in total. The molecule has 27 heavy (non-hydrogen) atoms. The molecule has 6 nitrogen and oxygen atoms in total. The Morgan fingerprint density at radius 2 is 1.56 bits per heavy atom. The summed E-state index contributed by atoms with van der Waals surface area (Å²) in [7, 11) is 1.48. The van der Waals surface area contributed by atoms with Gasteiger partial charge in [-0.3, -0.25) is 9.59 Å². The maximum absolute atomic E-state index is 13.0. The molecule has 0 aromatic heterocycles. The van der Waals surface area contributed by atoms with E-state index in [2.05, 4.69) is 10.6 Å². The second-order valence-corrected chi connectivity index (χ2v) is 8.48. The van der Waals surface area contributed by atoms with Gasteiger partial charge in [-0.2, -0.15) is 0 Å². The third-order valence-corrected chi connectivity index (χ3v) is 6.51. The molecule has 1 aromatic carbocycles. The van der Waals surface area contributed by atoms with Gasteiger partial charge in [-0.1, -0.05) is 0 Å². The van der Waals surface area contributed by atoms with Gasteiger partial charge in [0.05, 0.1) is 11.0 Å². The number of benzene rings is 1. The van der Waals surface area contributed by atoms with Crippen molar-refractivity contribution in [2.24, 2.45) is 23.2 Å². The van der Waals surface area contributed by atoms with E-state index in [4.69, 9.17) is 4.74 Å². The molecule has 1 aromatic rings. The molecule has 0 aliphatic heterocycles. The van der Waals surface area contributed by atoms with E-state index in [1.54, 1.807) is 24.3 Å². The number of carbonyl (C=O) groups excluding carboxylic acids is 3. The van der Waals surface area contributed by atoms with E-state index in [0.29, 0.717) is 11.3 Å². The number of nitrogens with one attached hydrogen (secondary N) is 2. The first-order valence-corrected chi connectivity index (χ1v) is 9.76. The van der Waals surface area contributed by atoms with E-state index >= 15 is 0 Å². The largest absolute Gasteiger partial charge is 0.452 e. The summed E-state index contributed by atoms with van der Waals surface area (Å²) < 4.78 is 4.93. The molecule has 5 rings (SSSR count). The Morgan fingerprint density at radius 1 is 1.00 bits per heavy atom. The molecular weight excluding hydrogens is 344 g/mol. The lowest BCUT2D eigenvalue weighted by atomic mass is 9.49. The first-order chi connectivity index (χ1) is 13.0. The fraction of sp³-hybridized carbons (Fsp3) is 0.571. The Morgan fingerprint density at radius 3 is 2.07 bits per heavy atom. The van der Waals surface area contributed by atoms with Crippen LogP contribution in [0.5, 0.6) is 0 Å². The molecule has 0 unspecified atom stereocenters. The molecule has 0 spiro atoms. The summed E-state index contributed by atoms with van der Waals surface area (Å²) in [6.07, 6.45) is 6.98. The second kappa shape index (κ2) is 6.98. The van der Waals surface area contributed by atoms with Crippen LogP contribution >= 0.6 is 0 Å². The zero-order valence-electron chi connectivity index (χ0n) is 15.6. The van der Waals surface area contributed by atoms with Gasteiger partial charge < -0.3 is 15.4 Å². The molecule has 0 atom stereocenters. The fourth-order valence-electron chi connectivity index (χ4n) is 5.63. The Labute approximate surface area is 159 Å². The molecule has 4 fully saturated rings. The summed E-state index contributed by atoms with van der Waals surface area (Å²) in [6.45, 7) is -0.306. The smallest absolute Gasteiger partial charge is 0.338 e. The molecule has 0 radical (unpaired) electrons. The number of carbonyl (C=O) groups is 3. The van der Waals surface area contributed by atoms with Gasteiger partial charge in [-0.15, -0.1) is 0 Å². The minimum absolute atomic E-state index is 0.136. The Hall–Kier alpha value is -2.37. The SMILES string of the molecule is CNC(=O)COC(=O)c1ccc(NC(=O)C23CC4CC(CC(C4)C2)C3)cc1. The number of esters is 1. The number of amides is 2. The molecule has 0 saturated heterocycles.